The zero-order valence-electron chi connectivity index (χ0n) is 11.7. The number of aryl methyl sites for hydroxylation is 1. The Morgan fingerprint density at radius 3 is 2.74 bits per heavy atom. The first kappa shape index (κ1) is 16.2. The van der Waals surface area contributed by atoms with E-state index in [4.69, 9.17) is 5.73 Å². The standard InChI is InChI=1S/C13H23N3O2S/c1-4-5-9-6-11(18)16-13(15-9)19-10(7-17)12(14)8(2)3/h6,8,10,12,17H,4-5,7,14H2,1-3H3,(H,15,16,18). The van der Waals surface area contributed by atoms with Crippen molar-refractivity contribution in [1.29, 1.82) is 0 Å². The normalized spacial score (nSPS) is 14.6. The van der Waals surface area contributed by atoms with Crippen LogP contribution in [0, 0.1) is 5.92 Å². The summed E-state index contributed by atoms with van der Waals surface area (Å²) >= 11 is 1.34. The summed E-state index contributed by atoms with van der Waals surface area (Å²) in [6.07, 6.45) is 1.72. The topological polar surface area (TPSA) is 92.0 Å². The first-order chi connectivity index (χ1) is 8.97. The number of aliphatic hydroxyl groups excluding tert-OH is 1. The molecular weight excluding hydrogens is 262 g/mol. The Bertz CT molecular complexity index is 448. The predicted octanol–water partition coefficient (Wildman–Crippen LogP) is 1.16. The van der Waals surface area contributed by atoms with Gasteiger partial charge in [0.25, 0.3) is 5.56 Å². The highest BCUT2D eigenvalue weighted by atomic mass is 32.2. The smallest absolute Gasteiger partial charge is 0.251 e. The predicted molar refractivity (Wildman–Crippen MR) is 78.4 cm³/mol. The second-order valence-electron chi connectivity index (χ2n) is 4.95. The second-order valence-corrected chi connectivity index (χ2v) is 6.18. The van der Waals surface area contributed by atoms with E-state index in [1.54, 1.807) is 0 Å². The molecule has 5 nitrogen and oxygen atoms in total. The summed E-state index contributed by atoms with van der Waals surface area (Å²) in [7, 11) is 0. The first-order valence-corrected chi connectivity index (χ1v) is 7.49. The molecule has 108 valence electrons. The average Bonchev–Trinajstić information content (AvgIpc) is 2.34. The maximum absolute atomic E-state index is 11.6. The molecule has 0 saturated carbocycles. The van der Waals surface area contributed by atoms with Crippen LogP contribution in [0.1, 0.15) is 32.9 Å². The summed E-state index contributed by atoms with van der Waals surface area (Å²) in [6.45, 7) is 6.03. The molecule has 2 atom stereocenters. The van der Waals surface area contributed by atoms with Gasteiger partial charge in [0.2, 0.25) is 0 Å². The molecular formula is C13H23N3O2S. The number of rotatable bonds is 7. The lowest BCUT2D eigenvalue weighted by atomic mass is 10.0. The van der Waals surface area contributed by atoms with Gasteiger partial charge in [0.15, 0.2) is 5.16 Å². The van der Waals surface area contributed by atoms with Crippen LogP contribution in [0.2, 0.25) is 0 Å². The lowest BCUT2D eigenvalue weighted by Crippen LogP contribution is -2.39. The van der Waals surface area contributed by atoms with Gasteiger partial charge in [-0.25, -0.2) is 4.98 Å². The number of nitrogens with one attached hydrogen (secondary N) is 1. The molecule has 0 aliphatic rings. The molecule has 0 bridgehead atoms. The third-order valence-electron chi connectivity index (χ3n) is 2.92. The van der Waals surface area contributed by atoms with E-state index >= 15 is 0 Å². The molecule has 0 aromatic carbocycles. The first-order valence-electron chi connectivity index (χ1n) is 6.61. The molecule has 19 heavy (non-hydrogen) atoms. The molecule has 1 heterocycles. The van der Waals surface area contributed by atoms with Gasteiger partial charge >= 0.3 is 0 Å². The molecule has 0 aliphatic carbocycles. The molecule has 2 unspecified atom stereocenters. The van der Waals surface area contributed by atoms with Crippen molar-refractivity contribution < 1.29 is 5.11 Å². The number of hydrogen-bond donors (Lipinski definition) is 3. The van der Waals surface area contributed by atoms with Gasteiger partial charge in [0.05, 0.1) is 11.9 Å². The number of nitrogens with zero attached hydrogens (tertiary/aromatic N) is 1. The monoisotopic (exact) mass is 285 g/mol. The van der Waals surface area contributed by atoms with Gasteiger partial charge in [-0.2, -0.15) is 0 Å². The Morgan fingerprint density at radius 2 is 2.21 bits per heavy atom. The maximum atomic E-state index is 11.6. The fraction of sp³-hybridized carbons (Fsp3) is 0.692. The van der Waals surface area contributed by atoms with Crippen molar-refractivity contribution in [1.82, 2.24) is 9.97 Å². The number of aromatic amines is 1. The third-order valence-corrected chi connectivity index (χ3v) is 4.10. The molecule has 1 aromatic rings. The molecule has 0 saturated heterocycles. The highest BCUT2D eigenvalue weighted by Crippen LogP contribution is 2.23. The van der Waals surface area contributed by atoms with E-state index in [1.807, 2.05) is 20.8 Å². The average molecular weight is 285 g/mol. The third kappa shape index (κ3) is 4.97. The van der Waals surface area contributed by atoms with Gasteiger partial charge in [-0.15, -0.1) is 0 Å². The molecule has 0 radical (unpaired) electrons. The van der Waals surface area contributed by atoms with Gasteiger partial charge in [-0.05, 0) is 12.3 Å². The van der Waals surface area contributed by atoms with E-state index in [-0.39, 0.29) is 29.4 Å². The number of nitrogens with two attached hydrogens (primary N) is 1. The van der Waals surface area contributed by atoms with E-state index in [0.29, 0.717) is 5.16 Å². The largest absolute Gasteiger partial charge is 0.395 e. The zero-order chi connectivity index (χ0) is 14.4. The number of aliphatic hydroxyl groups is 1. The quantitative estimate of drug-likeness (QED) is 0.516. The van der Waals surface area contributed by atoms with Crippen LogP contribution in [0.4, 0.5) is 0 Å². The summed E-state index contributed by atoms with van der Waals surface area (Å²) < 4.78 is 0. The minimum atomic E-state index is -0.167. The Balaban J connectivity index is 2.87. The fourth-order valence-corrected chi connectivity index (χ4v) is 2.90. The molecule has 4 N–H and O–H groups in total. The number of H-pyrrole nitrogens is 1. The molecule has 0 spiro atoms. The Kier molecular flexibility index (Phi) is 6.54. The van der Waals surface area contributed by atoms with E-state index in [1.165, 1.54) is 17.8 Å². The van der Waals surface area contributed by atoms with E-state index in [9.17, 15) is 9.90 Å². The molecule has 0 aliphatic heterocycles. The van der Waals surface area contributed by atoms with Gasteiger partial charge in [0, 0.05) is 17.8 Å². The molecule has 1 rings (SSSR count). The Hall–Kier alpha value is -0.850. The zero-order valence-corrected chi connectivity index (χ0v) is 12.5. The summed E-state index contributed by atoms with van der Waals surface area (Å²) in [5.74, 6) is 0.259. The highest BCUT2D eigenvalue weighted by molar-refractivity contribution is 7.99. The second kappa shape index (κ2) is 7.67. The lowest BCUT2D eigenvalue weighted by Gasteiger charge is -2.24. The number of aromatic nitrogens is 2. The van der Waals surface area contributed by atoms with Crippen LogP contribution in [-0.2, 0) is 6.42 Å². The van der Waals surface area contributed by atoms with Crippen molar-refractivity contribution in [2.75, 3.05) is 6.61 Å². The summed E-state index contributed by atoms with van der Waals surface area (Å²) in [6, 6.07) is 1.37. The van der Waals surface area contributed by atoms with Crippen LogP contribution in [0.25, 0.3) is 0 Å². The summed E-state index contributed by atoms with van der Waals surface area (Å²) in [5.41, 5.74) is 6.68. The molecule has 1 aromatic heterocycles. The van der Waals surface area contributed by atoms with Crippen molar-refractivity contribution in [3.8, 4) is 0 Å². The molecule has 0 amide bonds. The van der Waals surface area contributed by atoms with Crippen LogP contribution >= 0.6 is 11.8 Å². The van der Waals surface area contributed by atoms with Crippen molar-refractivity contribution >= 4 is 11.8 Å². The van der Waals surface area contributed by atoms with E-state index in [2.05, 4.69) is 9.97 Å². The molecule has 6 heteroatoms. The van der Waals surface area contributed by atoms with Crippen LogP contribution in [0.15, 0.2) is 16.0 Å². The van der Waals surface area contributed by atoms with Crippen molar-refractivity contribution in [2.45, 2.75) is 50.1 Å². The Labute approximate surface area is 118 Å². The van der Waals surface area contributed by atoms with E-state index in [0.717, 1.165) is 18.5 Å². The van der Waals surface area contributed by atoms with Gasteiger partial charge < -0.3 is 15.8 Å². The van der Waals surface area contributed by atoms with Crippen LogP contribution in [0.5, 0.6) is 0 Å². The van der Waals surface area contributed by atoms with Gasteiger partial charge in [-0.3, -0.25) is 4.79 Å². The van der Waals surface area contributed by atoms with Crippen molar-refractivity contribution in [2.24, 2.45) is 11.7 Å². The fourth-order valence-electron chi connectivity index (χ4n) is 1.73. The van der Waals surface area contributed by atoms with Crippen LogP contribution < -0.4 is 11.3 Å². The minimum Gasteiger partial charge on any atom is -0.395 e. The van der Waals surface area contributed by atoms with Gasteiger partial charge in [-0.1, -0.05) is 39.0 Å². The number of hydrogen-bond acceptors (Lipinski definition) is 5. The van der Waals surface area contributed by atoms with Crippen molar-refractivity contribution in [3.63, 3.8) is 0 Å². The Morgan fingerprint density at radius 1 is 1.53 bits per heavy atom. The lowest BCUT2D eigenvalue weighted by molar-refractivity contribution is 0.269. The minimum absolute atomic E-state index is 0.0360. The summed E-state index contributed by atoms with van der Waals surface area (Å²) in [4.78, 5) is 18.6. The summed E-state index contributed by atoms with van der Waals surface area (Å²) in [5, 5.41) is 9.79. The van der Waals surface area contributed by atoms with Crippen molar-refractivity contribution in [3.05, 3.63) is 22.1 Å². The van der Waals surface area contributed by atoms with Crippen LogP contribution in [0.3, 0.4) is 0 Å². The van der Waals surface area contributed by atoms with E-state index < -0.39 is 0 Å². The van der Waals surface area contributed by atoms with Crippen LogP contribution in [-0.4, -0.2) is 33.0 Å². The molecule has 0 fully saturated rings. The SMILES string of the molecule is CCCc1cc(=O)[nH]c(SC(CO)C(N)C(C)C)n1. The maximum Gasteiger partial charge on any atom is 0.251 e. The van der Waals surface area contributed by atoms with Gasteiger partial charge in [0.1, 0.15) is 0 Å². The number of thioether (sulfide) groups is 1. The highest BCUT2D eigenvalue weighted by Gasteiger charge is 2.22.